The van der Waals surface area contributed by atoms with Gasteiger partial charge in [0.2, 0.25) is 5.91 Å². The van der Waals surface area contributed by atoms with Crippen LogP contribution in [0.1, 0.15) is 29.2 Å². The number of halogens is 1. The molecule has 1 aromatic carbocycles. The van der Waals surface area contributed by atoms with Crippen molar-refractivity contribution in [2.24, 2.45) is 5.92 Å². The fourth-order valence-electron chi connectivity index (χ4n) is 4.59. The zero-order chi connectivity index (χ0) is 24.2. The molecule has 0 saturated carbocycles. The molecule has 2 saturated heterocycles. The van der Waals surface area contributed by atoms with Gasteiger partial charge in [0, 0.05) is 63.0 Å². The summed E-state index contributed by atoms with van der Waals surface area (Å²) in [5.41, 5.74) is -0.327. The molecular weight excluding hydrogens is 439 g/mol. The average Bonchev–Trinajstić information content (AvgIpc) is 2.86. The maximum absolute atomic E-state index is 13.5. The fourth-order valence-corrected chi connectivity index (χ4v) is 4.59. The van der Waals surface area contributed by atoms with Gasteiger partial charge in [-0.3, -0.25) is 23.7 Å². The number of piperidine rings is 1. The van der Waals surface area contributed by atoms with Crippen LogP contribution in [0.5, 0.6) is 0 Å². The summed E-state index contributed by atoms with van der Waals surface area (Å²) in [5, 5.41) is 0. The number of hydrogen-bond acceptors (Lipinski definition) is 5. The van der Waals surface area contributed by atoms with E-state index in [1.807, 2.05) is 11.9 Å². The second kappa shape index (κ2) is 10.3. The molecule has 0 bridgehead atoms. The van der Waals surface area contributed by atoms with Crippen LogP contribution < -0.4 is 5.56 Å². The molecule has 9 heteroatoms. The average molecular weight is 469 g/mol. The lowest BCUT2D eigenvalue weighted by Gasteiger charge is -2.38. The Hall–Kier alpha value is -3.33. The van der Waals surface area contributed by atoms with Gasteiger partial charge in [-0.1, -0.05) is 6.07 Å². The molecule has 3 heterocycles. The number of pyridine rings is 1. The SMILES string of the molecule is CN1CCN(C(=O)C2CCN(C(=O)C(C(=O)c3ccc(F)cc3)n3ccccc3=O)CC2)CC1. The smallest absolute Gasteiger partial charge is 0.253 e. The third kappa shape index (κ3) is 5.09. The van der Waals surface area contributed by atoms with E-state index in [-0.39, 0.29) is 17.4 Å². The second-order valence-corrected chi connectivity index (χ2v) is 8.95. The molecule has 180 valence electrons. The van der Waals surface area contributed by atoms with Crippen molar-refractivity contribution in [1.82, 2.24) is 19.3 Å². The highest BCUT2D eigenvalue weighted by molar-refractivity contribution is 6.11. The first-order valence-corrected chi connectivity index (χ1v) is 11.6. The summed E-state index contributed by atoms with van der Waals surface area (Å²) in [7, 11) is 2.04. The molecule has 8 nitrogen and oxygen atoms in total. The second-order valence-electron chi connectivity index (χ2n) is 8.95. The first kappa shape index (κ1) is 23.8. The number of Topliss-reactive ketones (excluding diaryl/α,β-unsaturated/α-hetero) is 1. The Bertz CT molecular complexity index is 1100. The third-order valence-corrected chi connectivity index (χ3v) is 6.71. The minimum absolute atomic E-state index is 0.124. The molecule has 0 radical (unpaired) electrons. The minimum atomic E-state index is -1.39. The van der Waals surface area contributed by atoms with Crippen LogP contribution in [0, 0.1) is 11.7 Å². The molecule has 4 rings (SSSR count). The van der Waals surface area contributed by atoms with Gasteiger partial charge in [-0.15, -0.1) is 0 Å². The maximum atomic E-state index is 13.5. The van der Waals surface area contributed by atoms with Gasteiger partial charge in [0.05, 0.1) is 0 Å². The number of likely N-dealkylation sites (tertiary alicyclic amines) is 1. The normalized spacial score (nSPS) is 18.5. The quantitative estimate of drug-likeness (QED) is 0.490. The van der Waals surface area contributed by atoms with Crippen molar-refractivity contribution < 1.29 is 18.8 Å². The minimum Gasteiger partial charge on any atom is -0.340 e. The van der Waals surface area contributed by atoms with E-state index >= 15 is 0 Å². The van der Waals surface area contributed by atoms with E-state index in [0.717, 1.165) is 29.8 Å². The Morgan fingerprint density at radius 3 is 2.15 bits per heavy atom. The number of ketones is 1. The Kier molecular flexibility index (Phi) is 7.21. The van der Waals surface area contributed by atoms with Crippen LogP contribution in [0.15, 0.2) is 53.5 Å². The van der Waals surface area contributed by atoms with Crippen molar-refractivity contribution in [3.8, 4) is 0 Å². The Morgan fingerprint density at radius 2 is 1.53 bits per heavy atom. The molecular formula is C25H29FN4O4. The number of rotatable bonds is 5. The van der Waals surface area contributed by atoms with Gasteiger partial charge in [-0.25, -0.2) is 4.39 Å². The zero-order valence-electron chi connectivity index (χ0n) is 19.2. The summed E-state index contributed by atoms with van der Waals surface area (Å²) in [6, 6.07) is 7.96. The van der Waals surface area contributed by atoms with Gasteiger partial charge < -0.3 is 14.7 Å². The predicted molar refractivity (Wildman–Crippen MR) is 124 cm³/mol. The molecule has 2 amide bonds. The summed E-state index contributed by atoms with van der Waals surface area (Å²) in [6.45, 7) is 3.78. The molecule has 0 N–H and O–H groups in total. The van der Waals surface area contributed by atoms with E-state index in [0.29, 0.717) is 39.0 Å². The van der Waals surface area contributed by atoms with Crippen LogP contribution in [0.3, 0.4) is 0 Å². The highest BCUT2D eigenvalue weighted by atomic mass is 19.1. The monoisotopic (exact) mass is 468 g/mol. The topological polar surface area (TPSA) is 82.9 Å². The van der Waals surface area contributed by atoms with Crippen LogP contribution in [-0.2, 0) is 9.59 Å². The number of aromatic nitrogens is 1. The first-order chi connectivity index (χ1) is 16.3. The number of nitrogens with zero attached hydrogens (tertiary/aromatic N) is 4. The lowest BCUT2D eigenvalue weighted by molar-refractivity contribution is -0.142. The van der Waals surface area contributed by atoms with Crippen LogP contribution in [0.4, 0.5) is 4.39 Å². The van der Waals surface area contributed by atoms with Gasteiger partial charge in [0.1, 0.15) is 5.82 Å². The van der Waals surface area contributed by atoms with E-state index in [1.165, 1.54) is 30.5 Å². The number of hydrogen-bond donors (Lipinski definition) is 0. The molecule has 2 aromatic rings. The van der Waals surface area contributed by atoms with Gasteiger partial charge in [0.15, 0.2) is 11.8 Å². The Balaban J connectivity index is 1.49. The van der Waals surface area contributed by atoms with Crippen molar-refractivity contribution in [1.29, 1.82) is 0 Å². The van der Waals surface area contributed by atoms with E-state index in [9.17, 15) is 23.6 Å². The Morgan fingerprint density at radius 1 is 0.882 bits per heavy atom. The van der Waals surface area contributed by atoms with Crippen molar-refractivity contribution in [2.45, 2.75) is 18.9 Å². The van der Waals surface area contributed by atoms with Gasteiger partial charge in [-0.2, -0.15) is 0 Å². The van der Waals surface area contributed by atoms with Crippen molar-refractivity contribution in [3.05, 3.63) is 70.4 Å². The molecule has 34 heavy (non-hydrogen) atoms. The van der Waals surface area contributed by atoms with Crippen molar-refractivity contribution in [2.75, 3.05) is 46.3 Å². The first-order valence-electron chi connectivity index (χ1n) is 11.6. The summed E-state index contributed by atoms with van der Waals surface area (Å²) in [6.07, 6.45) is 2.44. The predicted octanol–water partition coefficient (Wildman–Crippen LogP) is 1.42. The molecule has 1 unspecified atom stereocenters. The third-order valence-electron chi connectivity index (χ3n) is 6.71. The molecule has 0 spiro atoms. The molecule has 1 aromatic heterocycles. The highest BCUT2D eigenvalue weighted by Gasteiger charge is 2.37. The van der Waals surface area contributed by atoms with Crippen molar-refractivity contribution in [3.63, 3.8) is 0 Å². The maximum Gasteiger partial charge on any atom is 0.253 e. The molecule has 2 aliphatic heterocycles. The molecule has 1 atom stereocenters. The lowest BCUT2D eigenvalue weighted by atomic mass is 9.93. The molecule has 0 aliphatic carbocycles. The fraction of sp³-hybridized carbons (Fsp3) is 0.440. The van der Waals surface area contributed by atoms with E-state index < -0.39 is 29.1 Å². The number of carbonyl (C=O) groups is 3. The molecule has 2 aliphatic rings. The standard InChI is InChI=1S/C25H29FN4O4/c1-27-14-16-29(17-15-27)24(33)19-9-12-28(13-10-19)25(34)22(30-11-3-2-4-21(30)31)23(32)18-5-7-20(26)8-6-18/h2-8,11,19,22H,9-10,12-17H2,1H3. The summed E-state index contributed by atoms with van der Waals surface area (Å²) in [4.78, 5) is 57.9. The van der Waals surface area contributed by atoms with Crippen LogP contribution in [-0.4, -0.2) is 83.2 Å². The number of likely N-dealkylation sites (N-methyl/N-ethyl adjacent to an activating group) is 1. The molecule has 2 fully saturated rings. The van der Waals surface area contributed by atoms with Gasteiger partial charge in [0.25, 0.3) is 11.5 Å². The van der Waals surface area contributed by atoms with Crippen molar-refractivity contribution >= 4 is 17.6 Å². The highest BCUT2D eigenvalue weighted by Crippen LogP contribution is 2.24. The number of benzene rings is 1. The van der Waals surface area contributed by atoms with E-state index in [2.05, 4.69) is 4.90 Å². The van der Waals surface area contributed by atoms with Gasteiger partial charge >= 0.3 is 0 Å². The number of amides is 2. The van der Waals surface area contributed by atoms with Gasteiger partial charge in [-0.05, 0) is 50.2 Å². The number of piperazine rings is 1. The lowest BCUT2D eigenvalue weighted by Crippen LogP contribution is -2.52. The van der Waals surface area contributed by atoms with Crippen LogP contribution in [0.25, 0.3) is 0 Å². The van der Waals surface area contributed by atoms with E-state index in [4.69, 9.17) is 0 Å². The van der Waals surface area contributed by atoms with Crippen LogP contribution >= 0.6 is 0 Å². The van der Waals surface area contributed by atoms with E-state index in [1.54, 1.807) is 11.0 Å². The summed E-state index contributed by atoms with van der Waals surface area (Å²) >= 11 is 0. The largest absolute Gasteiger partial charge is 0.340 e. The van der Waals surface area contributed by atoms with Crippen LogP contribution in [0.2, 0.25) is 0 Å². The number of carbonyl (C=O) groups excluding carboxylic acids is 3. The zero-order valence-corrected chi connectivity index (χ0v) is 19.2. The summed E-state index contributed by atoms with van der Waals surface area (Å²) in [5.74, 6) is -1.60. The summed E-state index contributed by atoms with van der Waals surface area (Å²) < 4.78 is 14.5. The Labute approximate surface area is 197 Å².